The molecule has 0 saturated carbocycles. The van der Waals surface area contributed by atoms with Gasteiger partial charge in [-0.25, -0.2) is 0 Å². The molecule has 11 amide bonds. The third-order valence-electron chi connectivity index (χ3n) is 16.7. The summed E-state index contributed by atoms with van der Waals surface area (Å²) in [5.41, 5.74) is 6.55. The zero-order chi connectivity index (χ0) is 69.6. The Hall–Kier alpha value is -8.13. The van der Waals surface area contributed by atoms with Crippen molar-refractivity contribution in [2.75, 3.05) is 31.6 Å². The number of aliphatic carboxylic acids is 3. The Balaban J connectivity index is 1.50. The second kappa shape index (κ2) is 36.9. The molecule has 3 saturated heterocycles. The van der Waals surface area contributed by atoms with E-state index >= 15 is 0 Å². The maximum atomic E-state index is 14.5. The van der Waals surface area contributed by atoms with Crippen molar-refractivity contribution >= 4 is 94.6 Å². The van der Waals surface area contributed by atoms with Gasteiger partial charge in [-0.15, -0.1) is 0 Å². The summed E-state index contributed by atoms with van der Waals surface area (Å²) in [6.07, 6.45) is -0.130. The zero-order valence-corrected chi connectivity index (χ0v) is 54.8. The van der Waals surface area contributed by atoms with E-state index in [4.69, 9.17) is 5.73 Å². The number of thioether (sulfide) groups is 1. The van der Waals surface area contributed by atoms with Crippen LogP contribution in [0.25, 0.3) is 0 Å². The molecule has 3 fully saturated rings. The monoisotopic (exact) mass is 1330 g/mol. The summed E-state index contributed by atoms with van der Waals surface area (Å²) in [6, 6.07) is -10.5. The topological polar surface area (TPSA) is 472 Å². The van der Waals surface area contributed by atoms with Crippen LogP contribution in [0.1, 0.15) is 138 Å². The van der Waals surface area contributed by atoms with E-state index in [9.17, 15) is 92.7 Å². The predicted molar refractivity (Wildman–Crippen MR) is 336 cm³/mol. The minimum absolute atomic E-state index is 0.0273. The highest BCUT2D eigenvalue weighted by molar-refractivity contribution is 7.98. The van der Waals surface area contributed by atoms with E-state index in [0.717, 1.165) is 6.92 Å². The Kier molecular flexibility index (Phi) is 30.7. The van der Waals surface area contributed by atoms with Crippen LogP contribution < -0.4 is 48.3 Å². The Morgan fingerprint density at radius 1 is 0.548 bits per heavy atom. The fraction of sp³-hybridized carbons (Fsp3) is 0.672. The number of aromatic hydroxyl groups is 1. The van der Waals surface area contributed by atoms with Gasteiger partial charge < -0.3 is 88.5 Å². The Labute approximate surface area is 544 Å². The number of carbonyl (C=O) groups is 14. The molecule has 93 heavy (non-hydrogen) atoms. The van der Waals surface area contributed by atoms with Gasteiger partial charge in [-0.05, 0) is 127 Å². The summed E-state index contributed by atoms with van der Waals surface area (Å²) in [7, 11) is 0. The van der Waals surface area contributed by atoms with Crippen LogP contribution in [0.3, 0.4) is 0 Å². The lowest BCUT2D eigenvalue weighted by Gasteiger charge is -2.33. The van der Waals surface area contributed by atoms with E-state index in [1.165, 1.54) is 64.6 Å². The van der Waals surface area contributed by atoms with Crippen molar-refractivity contribution in [1.82, 2.24) is 57.2 Å². The van der Waals surface area contributed by atoms with Gasteiger partial charge in [0.2, 0.25) is 65.0 Å². The molecule has 0 spiro atoms. The number of hydrogen-bond donors (Lipinski definition) is 14. The highest BCUT2D eigenvalue weighted by atomic mass is 32.2. The molecule has 4 rings (SSSR count). The Morgan fingerprint density at radius 2 is 1.00 bits per heavy atom. The third kappa shape index (κ3) is 23.1. The number of carboxylic acids is 3. The van der Waals surface area contributed by atoms with E-state index < -0.39 is 187 Å². The number of phenols is 1. The minimum Gasteiger partial charge on any atom is -0.508 e. The average Bonchev–Trinajstić information content (AvgIpc) is 1.76. The van der Waals surface area contributed by atoms with Crippen molar-refractivity contribution in [3.05, 3.63) is 29.8 Å². The number of aliphatic hydroxyl groups excluding tert-OH is 1. The molecule has 3 aliphatic heterocycles. The molecular weight excluding hydrogens is 1240 g/mol. The van der Waals surface area contributed by atoms with Gasteiger partial charge in [0.25, 0.3) is 0 Å². The lowest BCUT2D eigenvalue weighted by atomic mass is 9.97. The first kappa shape index (κ1) is 77.3. The fourth-order valence-electron chi connectivity index (χ4n) is 11.1. The van der Waals surface area contributed by atoms with Gasteiger partial charge in [-0.3, -0.25) is 67.1 Å². The second-order valence-corrected chi connectivity index (χ2v) is 25.4. The maximum absolute atomic E-state index is 14.5. The predicted octanol–water partition coefficient (Wildman–Crippen LogP) is -1.81. The second-order valence-electron chi connectivity index (χ2n) is 24.5. The normalized spacial score (nSPS) is 19.8. The largest absolute Gasteiger partial charge is 0.508 e. The molecule has 0 radical (unpaired) electrons. The van der Waals surface area contributed by atoms with Gasteiger partial charge in [0.05, 0.1) is 12.1 Å². The quantitative estimate of drug-likeness (QED) is 0.0352. The van der Waals surface area contributed by atoms with Crippen molar-refractivity contribution in [2.45, 2.75) is 217 Å². The number of amides is 11. The van der Waals surface area contributed by atoms with Crippen LogP contribution in [0, 0.1) is 11.8 Å². The molecule has 15 N–H and O–H groups in total. The van der Waals surface area contributed by atoms with Crippen LogP contribution in [0.15, 0.2) is 24.3 Å². The van der Waals surface area contributed by atoms with Crippen LogP contribution >= 0.6 is 11.8 Å². The van der Waals surface area contributed by atoms with Crippen LogP contribution in [0.4, 0.5) is 0 Å². The van der Waals surface area contributed by atoms with E-state index in [1.54, 1.807) is 6.26 Å². The molecule has 3 heterocycles. The number of aliphatic hydroxyl groups is 1. The Bertz CT molecular complexity index is 2850. The van der Waals surface area contributed by atoms with Crippen molar-refractivity contribution in [2.24, 2.45) is 17.6 Å². The highest BCUT2D eigenvalue weighted by Crippen LogP contribution is 2.27. The van der Waals surface area contributed by atoms with Crippen LogP contribution in [0.5, 0.6) is 5.75 Å². The van der Waals surface area contributed by atoms with E-state index in [-0.39, 0.29) is 87.9 Å². The lowest BCUT2D eigenvalue weighted by molar-refractivity contribution is -0.148. The molecular formula is C61H94N12O19S. The third-order valence-corrected chi connectivity index (χ3v) is 17.4. The summed E-state index contributed by atoms with van der Waals surface area (Å²) >= 11 is 1.27. The first-order valence-electron chi connectivity index (χ1n) is 31.5. The molecule has 32 heteroatoms. The molecule has 518 valence electrons. The molecule has 0 unspecified atom stereocenters. The molecule has 14 atom stereocenters. The molecule has 1 aromatic rings. The van der Waals surface area contributed by atoms with Crippen molar-refractivity contribution in [1.29, 1.82) is 0 Å². The molecule has 0 bridgehead atoms. The fourth-order valence-corrected chi connectivity index (χ4v) is 11.6. The number of carbonyl (C=O) groups excluding carboxylic acids is 11. The standard InChI is InChI=1S/C61H94N12O19S/c1-9-32(4)48(62)56(86)69-42(29-31(2)3)59(89)71-25-10-14-44(71)55(85)70-49(35(7)74)57(87)63-33(5)58(88)73-27-12-15-45(73)60(90)72-26-11-13-43(72)54(84)67-39(21-23-47(78)79)51(81)68-41(30-36-16-18-37(75)19-17-36)53(83)66-40(24-28-93-8)52(82)65-38(20-22-46(76)77)50(80)64-34(6)61(91)92/h16-19,31-35,38-45,48-49,74-75H,9-15,20-30,62H2,1-8H3,(H,63,87)(H,64,80)(H,65,82)(H,66,83)(H,67,84)(H,68,81)(H,69,86)(H,70,85)(H,76,77)(H,78,79)(H,91,92)/t32-,33-,34-,35+,38-,39-,40-,41-,42-,43-,44-,45-,48-,49-/m0/s1. The molecule has 0 aliphatic carbocycles. The summed E-state index contributed by atoms with van der Waals surface area (Å²) in [6.45, 7) is 11.5. The smallest absolute Gasteiger partial charge is 0.325 e. The van der Waals surface area contributed by atoms with Crippen LogP contribution in [-0.2, 0) is 73.5 Å². The summed E-state index contributed by atoms with van der Waals surface area (Å²) in [5, 5.41) is 69.4. The van der Waals surface area contributed by atoms with Crippen LogP contribution in [-0.4, -0.2) is 233 Å². The number of likely N-dealkylation sites (tertiary alicyclic amines) is 3. The summed E-state index contributed by atoms with van der Waals surface area (Å²) in [5.74, 6) is -13.2. The number of nitrogens with one attached hydrogen (secondary N) is 8. The number of benzene rings is 1. The average molecular weight is 1330 g/mol. The van der Waals surface area contributed by atoms with Gasteiger partial charge in [-0.1, -0.05) is 46.2 Å². The molecule has 31 nitrogen and oxygen atoms in total. The van der Waals surface area contributed by atoms with E-state index in [2.05, 4.69) is 42.5 Å². The number of phenolic OH excluding ortho intramolecular Hbond substituents is 1. The number of hydrogen-bond acceptors (Lipinski definition) is 18. The van der Waals surface area contributed by atoms with Crippen molar-refractivity contribution in [3.63, 3.8) is 0 Å². The van der Waals surface area contributed by atoms with E-state index in [0.29, 0.717) is 24.8 Å². The first-order chi connectivity index (χ1) is 43.8. The minimum atomic E-state index is -1.66. The maximum Gasteiger partial charge on any atom is 0.325 e. The summed E-state index contributed by atoms with van der Waals surface area (Å²) in [4.78, 5) is 193. The van der Waals surface area contributed by atoms with Gasteiger partial charge in [0, 0.05) is 38.9 Å². The lowest BCUT2D eigenvalue weighted by Crippen LogP contribution is -2.61. The number of nitrogens with zero attached hydrogens (tertiary/aromatic N) is 3. The van der Waals surface area contributed by atoms with Crippen molar-refractivity contribution < 1.29 is 92.7 Å². The van der Waals surface area contributed by atoms with Gasteiger partial charge in [0.15, 0.2) is 0 Å². The van der Waals surface area contributed by atoms with E-state index in [1.807, 2.05) is 27.7 Å². The zero-order valence-electron chi connectivity index (χ0n) is 54.0. The van der Waals surface area contributed by atoms with Gasteiger partial charge in [0.1, 0.15) is 72.2 Å². The number of nitrogens with two attached hydrogens (primary N) is 1. The SMILES string of the molecule is CC[C@H](C)[C@H](N)C(=O)N[C@@H](CC(C)C)C(=O)N1CCC[C@H]1C(=O)N[C@H](C(=O)N[C@@H](C)C(=O)N1CCC[C@H]1C(=O)N1CCC[C@H]1C(=O)N[C@@H](CCC(=O)O)C(=O)N[C@@H](Cc1ccc(O)cc1)C(=O)N[C@@H](CCSC)C(=O)N[C@@H](CCC(=O)O)C(=O)N[C@@H](C)C(=O)O)[C@@H](C)O. The first-order valence-corrected chi connectivity index (χ1v) is 32.9. The van der Waals surface area contributed by atoms with Gasteiger partial charge >= 0.3 is 17.9 Å². The van der Waals surface area contributed by atoms with Crippen molar-refractivity contribution in [3.8, 4) is 5.75 Å². The van der Waals surface area contributed by atoms with Crippen LogP contribution in [0.2, 0.25) is 0 Å². The number of carboxylic acid groups (broad SMARTS) is 3. The Morgan fingerprint density at radius 3 is 1.52 bits per heavy atom. The molecule has 1 aromatic carbocycles. The van der Waals surface area contributed by atoms with Gasteiger partial charge in [-0.2, -0.15) is 11.8 Å². The molecule has 3 aliphatic rings. The molecule has 0 aromatic heterocycles. The number of rotatable bonds is 36. The highest BCUT2D eigenvalue weighted by Gasteiger charge is 2.45. The summed E-state index contributed by atoms with van der Waals surface area (Å²) < 4.78 is 0.